The van der Waals surface area contributed by atoms with Crippen LogP contribution in [-0.2, 0) is 4.79 Å². The number of carboxylic acid groups (broad SMARTS) is 1. The summed E-state index contributed by atoms with van der Waals surface area (Å²) >= 11 is 0. The molecule has 1 aliphatic carbocycles. The molecule has 1 saturated heterocycles. The molecular weight excluding hydrogens is 246 g/mol. The Morgan fingerprint density at radius 2 is 1.95 bits per heavy atom. The first-order chi connectivity index (χ1) is 9.02. The summed E-state index contributed by atoms with van der Waals surface area (Å²) in [5.41, 5.74) is -1.02. The smallest absolute Gasteiger partial charge is 0.329 e. The summed E-state index contributed by atoms with van der Waals surface area (Å²) in [5.74, 6) is -0.419. The molecule has 19 heavy (non-hydrogen) atoms. The van der Waals surface area contributed by atoms with Crippen molar-refractivity contribution in [2.45, 2.75) is 37.6 Å². The van der Waals surface area contributed by atoms with Gasteiger partial charge >= 0.3 is 12.0 Å². The average molecular weight is 269 g/mol. The average Bonchev–Trinajstić information content (AvgIpc) is 2.32. The molecule has 0 spiro atoms. The monoisotopic (exact) mass is 269 g/mol. The Kier molecular flexibility index (Phi) is 4.29. The number of rotatable bonds is 4. The molecule has 6 heteroatoms. The molecule has 1 aliphatic heterocycles. The van der Waals surface area contributed by atoms with E-state index < -0.39 is 11.5 Å². The topological polar surface area (TPSA) is 81.7 Å². The van der Waals surface area contributed by atoms with Crippen molar-refractivity contribution in [1.29, 1.82) is 0 Å². The van der Waals surface area contributed by atoms with Crippen LogP contribution in [0, 0.1) is 5.92 Å². The minimum Gasteiger partial charge on any atom is -0.480 e. The number of aliphatic carboxylic acids is 1. The molecule has 2 aliphatic rings. The summed E-state index contributed by atoms with van der Waals surface area (Å²) in [6, 6.07) is -0.346. The Morgan fingerprint density at radius 3 is 2.42 bits per heavy atom. The number of hydrogen-bond acceptors (Lipinski definition) is 3. The second kappa shape index (κ2) is 5.77. The van der Waals surface area contributed by atoms with Crippen LogP contribution in [-0.4, -0.2) is 54.2 Å². The zero-order valence-corrected chi connectivity index (χ0v) is 11.4. The number of nitrogens with zero attached hydrogens (tertiary/aromatic N) is 1. The number of likely N-dealkylation sites (tertiary alicyclic amines) is 1. The van der Waals surface area contributed by atoms with Crippen molar-refractivity contribution in [1.82, 2.24) is 15.5 Å². The van der Waals surface area contributed by atoms with Crippen molar-refractivity contribution < 1.29 is 14.7 Å². The molecule has 0 aromatic heterocycles. The van der Waals surface area contributed by atoms with E-state index in [0.717, 1.165) is 32.4 Å². The Balaban J connectivity index is 1.71. The second-order valence-electron chi connectivity index (χ2n) is 5.82. The van der Waals surface area contributed by atoms with Gasteiger partial charge in [0.1, 0.15) is 5.54 Å². The Bertz CT molecular complexity index is 347. The van der Waals surface area contributed by atoms with E-state index in [2.05, 4.69) is 22.6 Å². The predicted molar refractivity (Wildman–Crippen MR) is 71.0 cm³/mol. The quantitative estimate of drug-likeness (QED) is 0.699. The highest BCUT2D eigenvalue weighted by molar-refractivity contribution is 5.87. The van der Waals surface area contributed by atoms with Crippen LogP contribution in [0.4, 0.5) is 4.79 Å². The molecule has 0 unspecified atom stereocenters. The third-order valence-corrected chi connectivity index (χ3v) is 4.36. The first-order valence-corrected chi connectivity index (χ1v) is 7.00. The Morgan fingerprint density at radius 1 is 1.32 bits per heavy atom. The van der Waals surface area contributed by atoms with Gasteiger partial charge in [0.05, 0.1) is 0 Å². The fourth-order valence-electron chi connectivity index (χ4n) is 2.69. The van der Waals surface area contributed by atoms with E-state index in [1.807, 2.05) is 0 Å². The summed E-state index contributed by atoms with van der Waals surface area (Å²) in [6.45, 7) is 2.76. The first-order valence-electron chi connectivity index (χ1n) is 7.00. The summed E-state index contributed by atoms with van der Waals surface area (Å²) < 4.78 is 0. The second-order valence-corrected chi connectivity index (χ2v) is 5.82. The highest BCUT2D eigenvalue weighted by atomic mass is 16.4. The van der Waals surface area contributed by atoms with Gasteiger partial charge in [-0.05, 0) is 58.2 Å². The molecule has 108 valence electrons. The molecule has 0 atom stereocenters. The van der Waals surface area contributed by atoms with Crippen LogP contribution in [0.2, 0.25) is 0 Å². The van der Waals surface area contributed by atoms with Gasteiger partial charge in [-0.2, -0.15) is 0 Å². The van der Waals surface area contributed by atoms with Crippen LogP contribution in [0.5, 0.6) is 0 Å². The molecule has 2 rings (SSSR count). The van der Waals surface area contributed by atoms with E-state index in [0.29, 0.717) is 25.3 Å². The molecule has 0 bridgehead atoms. The van der Waals surface area contributed by atoms with Gasteiger partial charge < -0.3 is 20.6 Å². The highest BCUT2D eigenvalue weighted by Gasteiger charge is 2.45. The van der Waals surface area contributed by atoms with E-state index in [-0.39, 0.29) is 6.03 Å². The third-order valence-electron chi connectivity index (χ3n) is 4.36. The fraction of sp³-hybridized carbons (Fsp3) is 0.846. The van der Waals surface area contributed by atoms with E-state index in [9.17, 15) is 9.59 Å². The van der Waals surface area contributed by atoms with Gasteiger partial charge in [0.15, 0.2) is 0 Å². The number of amides is 2. The molecule has 1 saturated carbocycles. The lowest BCUT2D eigenvalue weighted by Crippen LogP contribution is -2.61. The van der Waals surface area contributed by atoms with Gasteiger partial charge in [-0.3, -0.25) is 0 Å². The van der Waals surface area contributed by atoms with Crippen molar-refractivity contribution >= 4 is 12.0 Å². The maximum atomic E-state index is 11.8. The molecule has 0 aromatic carbocycles. The van der Waals surface area contributed by atoms with Crippen molar-refractivity contribution in [2.75, 3.05) is 26.7 Å². The van der Waals surface area contributed by atoms with Crippen molar-refractivity contribution in [2.24, 2.45) is 5.92 Å². The zero-order chi connectivity index (χ0) is 13.9. The minimum absolute atomic E-state index is 0.346. The standard InChI is InChI=1S/C13H23N3O3/c1-16-7-3-10(4-8-16)9-14-12(19)15-13(11(17)18)5-2-6-13/h10H,2-9H2,1H3,(H,17,18)(H2,14,15,19). The first kappa shape index (κ1) is 14.1. The summed E-state index contributed by atoms with van der Waals surface area (Å²) in [6.07, 6.45) is 4.09. The van der Waals surface area contributed by atoms with Crippen LogP contribution in [0.1, 0.15) is 32.1 Å². The molecule has 3 N–H and O–H groups in total. The number of urea groups is 1. The molecular formula is C13H23N3O3. The van der Waals surface area contributed by atoms with Crippen molar-refractivity contribution in [3.05, 3.63) is 0 Å². The largest absolute Gasteiger partial charge is 0.480 e. The third kappa shape index (κ3) is 3.37. The van der Waals surface area contributed by atoms with Gasteiger partial charge in [-0.15, -0.1) is 0 Å². The fourth-order valence-corrected chi connectivity index (χ4v) is 2.69. The van der Waals surface area contributed by atoms with E-state index in [1.54, 1.807) is 0 Å². The summed E-state index contributed by atoms with van der Waals surface area (Å²) in [5, 5.41) is 14.6. The van der Waals surface area contributed by atoms with Gasteiger partial charge in [0.25, 0.3) is 0 Å². The van der Waals surface area contributed by atoms with E-state index in [1.165, 1.54) is 0 Å². The van der Waals surface area contributed by atoms with E-state index in [4.69, 9.17) is 5.11 Å². The zero-order valence-electron chi connectivity index (χ0n) is 11.4. The van der Waals surface area contributed by atoms with Crippen LogP contribution in [0.3, 0.4) is 0 Å². The van der Waals surface area contributed by atoms with Crippen LogP contribution >= 0.6 is 0 Å². The van der Waals surface area contributed by atoms with Crippen molar-refractivity contribution in [3.8, 4) is 0 Å². The van der Waals surface area contributed by atoms with Crippen LogP contribution in [0.25, 0.3) is 0 Å². The Hall–Kier alpha value is -1.30. The number of hydrogen-bond donors (Lipinski definition) is 3. The number of carbonyl (C=O) groups excluding carboxylic acids is 1. The van der Waals surface area contributed by atoms with E-state index >= 15 is 0 Å². The molecule has 1 heterocycles. The van der Waals surface area contributed by atoms with Crippen LogP contribution < -0.4 is 10.6 Å². The van der Waals surface area contributed by atoms with Gasteiger partial charge in [0.2, 0.25) is 0 Å². The molecule has 2 fully saturated rings. The Labute approximate surface area is 113 Å². The van der Waals surface area contributed by atoms with Crippen LogP contribution in [0.15, 0.2) is 0 Å². The normalized spacial score (nSPS) is 23.4. The number of carboxylic acids is 1. The maximum Gasteiger partial charge on any atom is 0.329 e. The lowest BCUT2D eigenvalue weighted by Gasteiger charge is -2.38. The number of nitrogens with one attached hydrogen (secondary N) is 2. The maximum absolute atomic E-state index is 11.8. The minimum atomic E-state index is -1.02. The van der Waals surface area contributed by atoms with Gasteiger partial charge in [-0.1, -0.05) is 0 Å². The SMILES string of the molecule is CN1CCC(CNC(=O)NC2(C(=O)O)CCC2)CC1. The molecule has 0 radical (unpaired) electrons. The van der Waals surface area contributed by atoms with Gasteiger partial charge in [-0.25, -0.2) is 9.59 Å². The lowest BCUT2D eigenvalue weighted by molar-refractivity contribution is -0.148. The van der Waals surface area contributed by atoms with Gasteiger partial charge in [0, 0.05) is 6.54 Å². The lowest BCUT2D eigenvalue weighted by atomic mass is 9.77. The molecule has 6 nitrogen and oxygen atoms in total. The van der Waals surface area contributed by atoms with Crippen molar-refractivity contribution in [3.63, 3.8) is 0 Å². The number of piperidine rings is 1. The predicted octanol–water partition coefficient (Wildman–Crippen LogP) is 0.635. The highest BCUT2D eigenvalue weighted by Crippen LogP contribution is 2.31. The molecule has 0 aromatic rings. The summed E-state index contributed by atoms with van der Waals surface area (Å²) in [7, 11) is 2.10. The summed E-state index contributed by atoms with van der Waals surface area (Å²) in [4.78, 5) is 25.2. The number of carbonyl (C=O) groups is 2. The molecule has 2 amide bonds.